The summed E-state index contributed by atoms with van der Waals surface area (Å²) in [6, 6.07) is 10.6. The minimum Gasteiger partial charge on any atom is -0.380 e. The number of nitriles is 1. The van der Waals surface area contributed by atoms with E-state index >= 15 is 0 Å². The molecule has 0 aromatic heterocycles. The van der Waals surface area contributed by atoms with Crippen molar-refractivity contribution in [3.8, 4) is 6.07 Å². The van der Waals surface area contributed by atoms with Crippen LogP contribution in [0.1, 0.15) is 19.8 Å². The van der Waals surface area contributed by atoms with Gasteiger partial charge in [0.1, 0.15) is 0 Å². The molecule has 1 aromatic rings. The van der Waals surface area contributed by atoms with Gasteiger partial charge in [-0.05, 0) is 41.1 Å². The van der Waals surface area contributed by atoms with E-state index in [0.717, 1.165) is 12.1 Å². The summed E-state index contributed by atoms with van der Waals surface area (Å²) in [5.41, 5.74) is 1.12. The maximum atomic E-state index is 8.62. The van der Waals surface area contributed by atoms with E-state index in [1.807, 2.05) is 18.2 Å². The monoisotopic (exact) mass is 300 g/mol. The zero-order valence-electron chi connectivity index (χ0n) is 8.13. The van der Waals surface area contributed by atoms with Gasteiger partial charge in [-0.1, -0.05) is 19.1 Å². The van der Waals surface area contributed by atoms with E-state index < -0.39 is 0 Å². The second-order valence-corrected chi connectivity index (χ2v) is 4.25. The largest absolute Gasteiger partial charge is 0.380 e. The van der Waals surface area contributed by atoms with E-state index in [0.29, 0.717) is 6.42 Å². The molecule has 14 heavy (non-hydrogen) atoms. The predicted octanol–water partition coefficient (Wildman–Crippen LogP) is 3.40. The van der Waals surface area contributed by atoms with E-state index in [-0.39, 0.29) is 6.04 Å². The van der Waals surface area contributed by atoms with Crippen LogP contribution in [0.3, 0.4) is 0 Å². The van der Waals surface area contributed by atoms with Gasteiger partial charge < -0.3 is 5.32 Å². The van der Waals surface area contributed by atoms with Crippen LogP contribution in [0, 0.1) is 14.9 Å². The highest BCUT2D eigenvalue weighted by Gasteiger charge is 2.06. The number of anilines is 1. The van der Waals surface area contributed by atoms with E-state index in [4.69, 9.17) is 5.26 Å². The van der Waals surface area contributed by atoms with Crippen molar-refractivity contribution in [1.82, 2.24) is 0 Å². The summed E-state index contributed by atoms with van der Waals surface area (Å²) in [5.74, 6) is 0. The maximum Gasteiger partial charge on any atom is 0.0643 e. The third kappa shape index (κ3) is 3.18. The number of nitrogens with one attached hydrogen (secondary N) is 1. The molecule has 1 atom stereocenters. The molecule has 0 radical (unpaired) electrons. The molecule has 0 heterocycles. The minimum atomic E-state index is 0.260. The maximum absolute atomic E-state index is 8.62. The molecule has 0 aliphatic heterocycles. The average Bonchev–Trinajstić information content (AvgIpc) is 2.20. The number of rotatable bonds is 4. The van der Waals surface area contributed by atoms with Crippen molar-refractivity contribution in [2.24, 2.45) is 0 Å². The smallest absolute Gasteiger partial charge is 0.0643 e. The summed E-state index contributed by atoms with van der Waals surface area (Å²) in [7, 11) is 0. The van der Waals surface area contributed by atoms with Crippen LogP contribution < -0.4 is 5.32 Å². The molecule has 0 saturated carbocycles. The first kappa shape index (κ1) is 11.3. The van der Waals surface area contributed by atoms with Gasteiger partial charge in [-0.2, -0.15) is 5.26 Å². The van der Waals surface area contributed by atoms with Gasteiger partial charge in [-0.3, -0.25) is 0 Å². The SMILES string of the molecule is CCC(CC#N)Nc1ccccc1I. The number of hydrogen-bond acceptors (Lipinski definition) is 2. The molecule has 0 saturated heterocycles. The quantitative estimate of drug-likeness (QED) is 0.865. The molecule has 0 fully saturated rings. The number of nitrogens with zero attached hydrogens (tertiary/aromatic N) is 1. The van der Waals surface area contributed by atoms with Gasteiger partial charge in [0.05, 0.1) is 12.5 Å². The van der Waals surface area contributed by atoms with Gasteiger partial charge in [-0.15, -0.1) is 0 Å². The third-order valence-electron chi connectivity index (χ3n) is 2.06. The molecule has 0 spiro atoms. The zero-order valence-corrected chi connectivity index (χ0v) is 10.3. The van der Waals surface area contributed by atoms with Crippen molar-refractivity contribution < 1.29 is 0 Å². The summed E-state index contributed by atoms with van der Waals surface area (Å²) in [4.78, 5) is 0. The number of hydrogen-bond donors (Lipinski definition) is 1. The number of para-hydroxylation sites is 1. The minimum absolute atomic E-state index is 0.260. The molecule has 1 aromatic carbocycles. The van der Waals surface area contributed by atoms with Gasteiger partial charge in [-0.25, -0.2) is 0 Å². The fourth-order valence-corrected chi connectivity index (χ4v) is 1.75. The second-order valence-electron chi connectivity index (χ2n) is 3.09. The van der Waals surface area contributed by atoms with E-state index in [1.54, 1.807) is 0 Å². The molecular formula is C11H13IN2. The van der Waals surface area contributed by atoms with Crippen molar-refractivity contribution in [3.05, 3.63) is 27.8 Å². The first-order valence-corrected chi connectivity index (χ1v) is 5.73. The van der Waals surface area contributed by atoms with Crippen LogP contribution in [0.2, 0.25) is 0 Å². The summed E-state index contributed by atoms with van der Waals surface area (Å²) < 4.78 is 1.20. The molecule has 1 N–H and O–H groups in total. The second kappa shape index (κ2) is 5.86. The Hall–Kier alpha value is -0.760. The van der Waals surface area contributed by atoms with Crippen LogP contribution in [0.25, 0.3) is 0 Å². The number of halogens is 1. The number of benzene rings is 1. The van der Waals surface area contributed by atoms with Crippen LogP contribution in [-0.4, -0.2) is 6.04 Å². The topological polar surface area (TPSA) is 35.8 Å². The Morgan fingerprint density at radius 1 is 1.50 bits per heavy atom. The van der Waals surface area contributed by atoms with Crippen molar-refractivity contribution >= 4 is 28.3 Å². The lowest BCUT2D eigenvalue weighted by atomic mass is 10.1. The summed E-state index contributed by atoms with van der Waals surface area (Å²) in [6.45, 7) is 2.09. The highest BCUT2D eigenvalue weighted by molar-refractivity contribution is 14.1. The van der Waals surface area contributed by atoms with Crippen LogP contribution in [-0.2, 0) is 0 Å². The standard InChI is InChI=1S/C11H13IN2/c1-2-9(7-8-13)14-11-6-4-3-5-10(11)12/h3-6,9,14H,2,7H2,1H3. The van der Waals surface area contributed by atoms with Crippen LogP contribution in [0.5, 0.6) is 0 Å². The van der Waals surface area contributed by atoms with Crippen molar-refractivity contribution in [1.29, 1.82) is 5.26 Å². The molecule has 1 rings (SSSR count). The van der Waals surface area contributed by atoms with E-state index in [2.05, 4.69) is 47.0 Å². The zero-order chi connectivity index (χ0) is 10.4. The molecule has 0 aliphatic rings. The lowest BCUT2D eigenvalue weighted by molar-refractivity contribution is 0.710. The molecule has 2 nitrogen and oxygen atoms in total. The van der Waals surface area contributed by atoms with Crippen molar-refractivity contribution in [2.45, 2.75) is 25.8 Å². The lowest BCUT2D eigenvalue weighted by Gasteiger charge is -2.16. The first-order chi connectivity index (χ1) is 6.77. The summed E-state index contributed by atoms with van der Waals surface area (Å²) in [5, 5.41) is 12.0. The normalized spacial score (nSPS) is 11.8. The Bertz CT molecular complexity index is 330. The van der Waals surface area contributed by atoms with Crippen LogP contribution in [0.15, 0.2) is 24.3 Å². The fraction of sp³-hybridized carbons (Fsp3) is 0.364. The third-order valence-corrected chi connectivity index (χ3v) is 3.00. The highest BCUT2D eigenvalue weighted by atomic mass is 127. The fourth-order valence-electron chi connectivity index (χ4n) is 1.21. The highest BCUT2D eigenvalue weighted by Crippen LogP contribution is 2.19. The Morgan fingerprint density at radius 3 is 2.79 bits per heavy atom. The summed E-state index contributed by atoms with van der Waals surface area (Å²) in [6.07, 6.45) is 1.53. The van der Waals surface area contributed by atoms with Gasteiger partial charge >= 0.3 is 0 Å². The molecular weight excluding hydrogens is 287 g/mol. The van der Waals surface area contributed by atoms with Gasteiger partial charge in [0.15, 0.2) is 0 Å². The van der Waals surface area contributed by atoms with E-state index in [1.165, 1.54) is 3.57 Å². The predicted molar refractivity (Wildman–Crippen MR) is 67.1 cm³/mol. The Kier molecular flexibility index (Phi) is 4.74. The molecule has 0 amide bonds. The van der Waals surface area contributed by atoms with Crippen LogP contribution in [0.4, 0.5) is 5.69 Å². The Balaban J connectivity index is 2.68. The van der Waals surface area contributed by atoms with Crippen molar-refractivity contribution in [3.63, 3.8) is 0 Å². The lowest BCUT2D eigenvalue weighted by Crippen LogP contribution is -2.18. The molecule has 0 aliphatic carbocycles. The summed E-state index contributed by atoms with van der Waals surface area (Å²) >= 11 is 2.29. The Labute approximate surface area is 98.5 Å². The molecule has 74 valence electrons. The van der Waals surface area contributed by atoms with Crippen LogP contribution >= 0.6 is 22.6 Å². The molecule has 1 unspecified atom stereocenters. The average molecular weight is 300 g/mol. The van der Waals surface area contributed by atoms with Gasteiger partial charge in [0, 0.05) is 15.3 Å². The molecule has 3 heteroatoms. The van der Waals surface area contributed by atoms with Gasteiger partial charge in [0.2, 0.25) is 0 Å². The van der Waals surface area contributed by atoms with Gasteiger partial charge in [0.25, 0.3) is 0 Å². The van der Waals surface area contributed by atoms with Crippen molar-refractivity contribution in [2.75, 3.05) is 5.32 Å². The molecule has 0 bridgehead atoms. The Morgan fingerprint density at radius 2 is 2.21 bits per heavy atom. The first-order valence-electron chi connectivity index (χ1n) is 4.66. The van der Waals surface area contributed by atoms with E-state index in [9.17, 15) is 0 Å².